The van der Waals surface area contributed by atoms with Gasteiger partial charge in [0.2, 0.25) is 0 Å². The van der Waals surface area contributed by atoms with E-state index in [0.717, 1.165) is 18.7 Å². The van der Waals surface area contributed by atoms with Gasteiger partial charge in [0, 0.05) is 31.8 Å². The average Bonchev–Trinajstić information content (AvgIpc) is 2.37. The van der Waals surface area contributed by atoms with Crippen molar-refractivity contribution in [1.29, 1.82) is 0 Å². The molecule has 0 aromatic heterocycles. The van der Waals surface area contributed by atoms with Crippen LogP contribution in [0.3, 0.4) is 0 Å². The molecule has 84 valence electrons. The molecule has 0 amide bonds. The Morgan fingerprint density at radius 1 is 1.50 bits per heavy atom. The summed E-state index contributed by atoms with van der Waals surface area (Å²) in [4.78, 5) is 0. The Morgan fingerprint density at radius 2 is 2.14 bits per heavy atom. The largest absolute Gasteiger partial charge is 0.312 e. The van der Waals surface area contributed by atoms with Crippen LogP contribution in [0.1, 0.15) is 0 Å². The van der Waals surface area contributed by atoms with E-state index in [1.54, 1.807) is 6.20 Å². The number of nitrogens with one attached hydrogen (secondary N) is 1. The lowest BCUT2D eigenvalue weighted by Crippen LogP contribution is -2.33. The molecule has 1 atom stereocenters. The smallest absolute Gasteiger partial charge is 0.298 e. The number of hydrogen-bond acceptors (Lipinski definition) is 3. The molecule has 0 saturated carbocycles. The Labute approximate surface area is 95.7 Å². The Morgan fingerprint density at radius 3 is 2.64 bits per heavy atom. The Balaban J connectivity index is 0.000000845. The maximum Gasteiger partial charge on any atom is 0.298 e. The minimum absolute atomic E-state index is 0. The van der Waals surface area contributed by atoms with Gasteiger partial charge in [-0.3, -0.25) is 4.31 Å². The number of fused-ring (bicyclic) bond motifs is 1. The van der Waals surface area contributed by atoms with Gasteiger partial charge in [-0.05, 0) is 5.57 Å². The Hall–Kier alpha value is -0.0100. The van der Waals surface area contributed by atoms with Crippen molar-refractivity contribution < 1.29 is 8.42 Å². The molecule has 0 bridgehead atoms. The second-order valence-electron chi connectivity index (χ2n) is 3.15. The van der Waals surface area contributed by atoms with Crippen molar-refractivity contribution in [2.24, 2.45) is 11.1 Å². The van der Waals surface area contributed by atoms with Crippen molar-refractivity contribution >= 4 is 35.0 Å². The van der Waals surface area contributed by atoms with Gasteiger partial charge < -0.3 is 5.32 Å². The predicted octanol–water partition coefficient (Wildman–Crippen LogP) is -0.548. The number of rotatable bonds is 1. The lowest BCUT2D eigenvalue weighted by Gasteiger charge is -2.13. The molecule has 0 aromatic carbocycles. The summed E-state index contributed by atoms with van der Waals surface area (Å²) in [6.07, 6.45) is 1.64. The van der Waals surface area contributed by atoms with Gasteiger partial charge >= 0.3 is 0 Å². The molecule has 1 saturated heterocycles. The molecule has 0 aliphatic carbocycles. The molecular formula is C6H13Cl2N3O2S. The summed E-state index contributed by atoms with van der Waals surface area (Å²) >= 11 is 0. The van der Waals surface area contributed by atoms with Crippen LogP contribution in [0.5, 0.6) is 0 Å². The van der Waals surface area contributed by atoms with Gasteiger partial charge in [0.15, 0.2) is 0 Å². The number of nitrogens with two attached hydrogens (primary N) is 1. The standard InChI is InChI=1S/C6H11N3O2S.2ClH/c7-12(10,11)9-3-5-1-8-2-6(5)4-9;;/h3,6,8H,1-2,4H2,(H2,7,10,11);2*1H. The molecular weight excluding hydrogens is 249 g/mol. The topological polar surface area (TPSA) is 75.4 Å². The molecule has 2 heterocycles. The molecule has 2 aliphatic heterocycles. The fraction of sp³-hybridized carbons (Fsp3) is 0.667. The van der Waals surface area contributed by atoms with Crippen molar-refractivity contribution in [2.75, 3.05) is 19.6 Å². The quantitative estimate of drug-likeness (QED) is 0.666. The average molecular weight is 262 g/mol. The van der Waals surface area contributed by atoms with Crippen molar-refractivity contribution in [3.05, 3.63) is 11.8 Å². The lowest BCUT2D eigenvalue weighted by atomic mass is 10.1. The minimum Gasteiger partial charge on any atom is -0.312 e. The molecule has 1 fully saturated rings. The van der Waals surface area contributed by atoms with E-state index < -0.39 is 10.2 Å². The molecule has 3 N–H and O–H groups in total. The zero-order chi connectivity index (χ0) is 8.77. The van der Waals surface area contributed by atoms with E-state index >= 15 is 0 Å². The first-order valence-electron chi connectivity index (χ1n) is 3.78. The first-order chi connectivity index (χ1) is 5.57. The Kier molecular flexibility index (Phi) is 4.67. The summed E-state index contributed by atoms with van der Waals surface area (Å²) in [5, 5.41) is 8.14. The SMILES string of the molecule is Cl.Cl.NS(=O)(=O)N1C=C2CNCC2C1. The van der Waals surface area contributed by atoms with E-state index in [9.17, 15) is 8.42 Å². The van der Waals surface area contributed by atoms with Gasteiger partial charge in [-0.15, -0.1) is 24.8 Å². The zero-order valence-electron chi connectivity index (χ0n) is 7.34. The van der Waals surface area contributed by atoms with Crippen LogP contribution in [0.4, 0.5) is 0 Å². The highest BCUT2D eigenvalue weighted by Crippen LogP contribution is 2.25. The van der Waals surface area contributed by atoms with Gasteiger partial charge in [0.25, 0.3) is 10.2 Å². The van der Waals surface area contributed by atoms with Gasteiger partial charge in [0.1, 0.15) is 0 Å². The lowest BCUT2D eigenvalue weighted by molar-refractivity contribution is 0.482. The van der Waals surface area contributed by atoms with Crippen LogP contribution in [-0.4, -0.2) is 32.4 Å². The highest BCUT2D eigenvalue weighted by atomic mass is 35.5. The monoisotopic (exact) mass is 261 g/mol. The third-order valence-corrected chi connectivity index (χ3v) is 3.19. The van der Waals surface area contributed by atoms with Crippen molar-refractivity contribution in [1.82, 2.24) is 9.62 Å². The highest BCUT2D eigenvalue weighted by Gasteiger charge is 2.32. The maximum atomic E-state index is 10.9. The summed E-state index contributed by atoms with van der Waals surface area (Å²) in [7, 11) is -3.52. The van der Waals surface area contributed by atoms with Gasteiger partial charge in [-0.1, -0.05) is 0 Å². The third-order valence-electron chi connectivity index (χ3n) is 2.28. The molecule has 0 radical (unpaired) electrons. The molecule has 2 aliphatic rings. The second-order valence-corrected chi connectivity index (χ2v) is 4.65. The Bertz CT molecular complexity index is 330. The number of halogens is 2. The van der Waals surface area contributed by atoms with E-state index in [1.807, 2.05) is 0 Å². The second kappa shape index (κ2) is 4.67. The summed E-state index contributed by atoms with van der Waals surface area (Å²) in [5.74, 6) is 0.336. The normalized spacial score (nSPS) is 24.8. The number of hydrogen-bond donors (Lipinski definition) is 2. The van der Waals surface area contributed by atoms with E-state index in [4.69, 9.17) is 5.14 Å². The van der Waals surface area contributed by atoms with Gasteiger partial charge in [-0.2, -0.15) is 8.42 Å². The zero-order valence-corrected chi connectivity index (χ0v) is 9.79. The van der Waals surface area contributed by atoms with Gasteiger partial charge in [-0.25, -0.2) is 5.14 Å². The van der Waals surface area contributed by atoms with E-state index in [2.05, 4.69) is 5.32 Å². The van der Waals surface area contributed by atoms with Crippen molar-refractivity contribution in [3.63, 3.8) is 0 Å². The van der Waals surface area contributed by atoms with Crippen molar-refractivity contribution in [3.8, 4) is 0 Å². The highest BCUT2D eigenvalue weighted by molar-refractivity contribution is 7.86. The van der Waals surface area contributed by atoms with Crippen LogP contribution in [0.25, 0.3) is 0 Å². The summed E-state index contributed by atoms with van der Waals surface area (Å²) in [6.45, 7) is 2.15. The summed E-state index contributed by atoms with van der Waals surface area (Å²) in [5.41, 5.74) is 1.14. The first kappa shape index (κ1) is 14.0. The van der Waals surface area contributed by atoms with Crippen LogP contribution in [0.15, 0.2) is 11.8 Å². The molecule has 8 heteroatoms. The van der Waals surface area contributed by atoms with Crippen molar-refractivity contribution in [2.45, 2.75) is 0 Å². The fourth-order valence-corrected chi connectivity index (χ4v) is 2.30. The maximum absolute atomic E-state index is 10.9. The number of nitrogens with zero attached hydrogens (tertiary/aromatic N) is 1. The fourth-order valence-electron chi connectivity index (χ4n) is 1.63. The summed E-state index contributed by atoms with van der Waals surface area (Å²) < 4.78 is 23.0. The third kappa shape index (κ3) is 2.52. The predicted molar refractivity (Wildman–Crippen MR) is 58.8 cm³/mol. The molecule has 0 spiro atoms. The van der Waals surface area contributed by atoms with Crippen LogP contribution >= 0.6 is 24.8 Å². The van der Waals surface area contributed by atoms with Crippen LogP contribution < -0.4 is 10.5 Å². The van der Waals surface area contributed by atoms with Gasteiger partial charge in [0.05, 0.1) is 0 Å². The minimum atomic E-state index is -3.52. The van der Waals surface area contributed by atoms with Crippen LogP contribution in [0.2, 0.25) is 0 Å². The molecule has 14 heavy (non-hydrogen) atoms. The molecule has 5 nitrogen and oxygen atoms in total. The molecule has 2 rings (SSSR count). The molecule has 1 unspecified atom stereocenters. The van der Waals surface area contributed by atoms with Crippen LogP contribution in [0, 0.1) is 5.92 Å². The van der Waals surface area contributed by atoms with E-state index in [1.165, 1.54) is 4.31 Å². The van der Waals surface area contributed by atoms with Crippen LogP contribution in [-0.2, 0) is 10.2 Å². The van der Waals surface area contributed by atoms with E-state index in [0.29, 0.717) is 12.5 Å². The van der Waals surface area contributed by atoms with E-state index in [-0.39, 0.29) is 24.8 Å². The first-order valence-corrected chi connectivity index (χ1v) is 5.28. The summed E-state index contributed by atoms with van der Waals surface area (Å²) in [6, 6.07) is 0. The molecule has 0 aromatic rings.